The van der Waals surface area contributed by atoms with E-state index >= 15 is 0 Å². The molecule has 1 atom stereocenters. The average Bonchev–Trinajstić information content (AvgIpc) is 2.91. The third kappa shape index (κ3) is 3.11. The van der Waals surface area contributed by atoms with Crippen molar-refractivity contribution < 1.29 is 21.8 Å². The van der Waals surface area contributed by atoms with Crippen molar-refractivity contribution in [3.05, 3.63) is 53.7 Å². The number of aromatic amines is 1. The zero-order chi connectivity index (χ0) is 18.4. The highest BCUT2D eigenvalue weighted by Gasteiger charge is 2.28. The molecule has 1 heterocycles. The summed E-state index contributed by atoms with van der Waals surface area (Å²) in [4.78, 5) is 2.46. The average molecular weight is 380 g/mol. The maximum atomic E-state index is 13.9. The largest absolute Gasteiger partial charge is 0.606 e. The van der Waals surface area contributed by atoms with Crippen LogP contribution in [-0.2, 0) is 21.0 Å². The molecule has 128 valence electrons. The molecule has 0 radical (unpaired) electrons. The van der Waals surface area contributed by atoms with Gasteiger partial charge in [-0.15, -0.1) is 0 Å². The first-order chi connectivity index (χ1) is 11.7. The summed E-state index contributed by atoms with van der Waals surface area (Å²) in [5.41, 5.74) is 0.202. The van der Waals surface area contributed by atoms with E-state index in [-0.39, 0.29) is 25.9 Å². The predicted molar refractivity (Wildman–Crippen MR) is 87.2 cm³/mol. The Morgan fingerprint density at radius 2 is 1.92 bits per heavy atom. The maximum Gasteiger partial charge on any atom is 0.202 e. The van der Waals surface area contributed by atoms with Crippen molar-refractivity contribution in [3.8, 4) is 6.07 Å². The van der Waals surface area contributed by atoms with Crippen LogP contribution in [0.2, 0.25) is 0 Å². The number of rotatable bonds is 3. The number of nitrogens with zero attached hydrogens (tertiary/aromatic N) is 1. The molecule has 0 spiro atoms. The summed E-state index contributed by atoms with van der Waals surface area (Å²) >= 11 is -2.09. The quantitative estimate of drug-likeness (QED) is 0.707. The summed E-state index contributed by atoms with van der Waals surface area (Å²) in [6.45, 7) is 0. The Labute approximate surface area is 145 Å². The van der Waals surface area contributed by atoms with Crippen LogP contribution in [0.3, 0.4) is 0 Å². The first kappa shape index (κ1) is 17.4. The lowest BCUT2D eigenvalue weighted by molar-refractivity contribution is 0.548. The van der Waals surface area contributed by atoms with Crippen LogP contribution in [0.1, 0.15) is 5.69 Å². The molecule has 1 aromatic heterocycles. The normalized spacial score (nSPS) is 12.9. The number of nitrogens with one attached hydrogen (secondary N) is 1. The van der Waals surface area contributed by atoms with Crippen LogP contribution in [0.4, 0.5) is 8.78 Å². The Morgan fingerprint density at radius 1 is 1.20 bits per heavy atom. The molecule has 1 N–H and O–H groups in total. The Hall–Kier alpha value is -2.41. The van der Waals surface area contributed by atoms with Crippen LogP contribution in [0.5, 0.6) is 0 Å². The van der Waals surface area contributed by atoms with Gasteiger partial charge in [-0.05, 0) is 30.3 Å². The molecule has 0 bridgehead atoms. The van der Waals surface area contributed by atoms with E-state index in [1.807, 2.05) is 6.07 Å². The SMILES string of the molecule is CS(=O)(=O)c1ccc2c([S+]([O-])c3ccc(F)cc3F)c(C#N)[nH]c2c1. The van der Waals surface area contributed by atoms with Crippen molar-refractivity contribution in [2.24, 2.45) is 0 Å². The Kier molecular flexibility index (Phi) is 4.28. The van der Waals surface area contributed by atoms with Gasteiger partial charge in [0.2, 0.25) is 4.90 Å². The van der Waals surface area contributed by atoms with Gasteiger partial charge in [0, 0.05) is 23.5 Å². The number of benzene rings is 2. The fourth-order valence-corrected chi connectivity index (χ4v) is 4.34. The molecule has 9 heteroatoms. The standard InChI is InChI=1S/C16H10F2N2O3S2/c1-25(22,23)10-3-4-11-13(7-10)20-14(8-19)16(11)24(21)15-5-2-9(17)6-12(15)18/h2-7,20H,1H3. The van der Waals surface area contributed by atoms with E-state index in [0.717, 1.165) is 18.4 Å². The minimum absolute atomic E-state index is 0.0167. The van der Waals surface area contributed by atoms with Crippen molar-refractivity contribution in [1.29, 1.82) is 5.26 Å². The third-order valence-electron chi connectivity index (χ3n) is 3.54. The topological polar surface area (TPSA) is 96.8 Å². The van der Waals surface area contributed by atoms with Crippen LogP contribution < -0.4 is 0 Å². The van der Waals surface area contributed by atoms with Gasteiger partial charge in [0.15, 0.2) is 26.2 Å². The summed E-state index contributed by atoms with van der Waals surface area (Å²) in [5, 5.41) is 9.60. The molecule has 0 fully saturated rings. The predicted octanol–water partition coefficient (Wildman–Crippen LogP) is 2.89. The smallest absolute Gasteiger partial charge is 0.202 e. The lowest BCUT2D eigenvalue weighted by atomic mass is 10.2. The Bertz CT molecular complexity index is 1130. The summed E-state index contributed by atoms with van der Waals surface area (Å²) in [6, 6.07) is 8.48. The zero-order valence-corrected chi connectivity index (χ0v) is 14.3. The number of hydrogen-bond donors (Lipinski definition) is 1. The van der Waals surface area contributed by atoms with E-state index in [1.54, 1.807) is 0 Å². The zero-order valence-electron chi connectivity index (χ0n) is 12.7. The second-order valence-electron chi connectivity index (χ2n) is 5.26. The number of H-pyrrole nitrogens is 1. The molecular weight excluding hydrogens is 370 g/mol. The molecule has 0 saturated heterocycles. The molecule has 0 amide bonds. The molecule has 0 aliphatic rings. The third-order valence-corrected chi connectivity index (χ3v) is 6.18. The van der Waals surface area contributed by atoms with Crippen molar-refractivity contribution in [2.45, 2.75) is 14.7 Å². The number of hydrogen-bond acceptors (Lipinski definition) is 4. The first-order valence-corrected chi connectivity index (χ1v) is 9.89. The molecular formula is C16H10F2N2O3S2. The van der Waals surface area contributed by atoms with E-state index < -0.39 is 32.6 Å². The van der Waals surface area contributed by atoms with Crippen LogP contribution in [0.15, 0.2) is 51.1 Å². The fraction of sp³-hybridized carbons (Fsp3) is 0.0625. The summed E-state index contributed by atoms with van der Waals surface area (Å²) in [6.07, 6.45) is 1.04. The lowest BCUT2D eigenvalue weighted by Crippen LogP contribution is -2.06. The lowest BCUT2D eigenvalue weighted by Gasteiger charge is -2.10. The number of nitriles is 1. The molecule has 3 aromatic rings. The van der Waals surface area contributed by atoms with Gasteiger partial charge in [0.25, 0.3) is 0 Å². The molecule has 0 aliphatic carbocycles. The second kappa shape index (κ2) is 6.15. The molecule has 0 aliphatic heterocycles. The number of aromatic nitrogens is 1. The van der Waals surface area contributed by atoms with Gasteiger partial charge in [-0.3, -0.25) is 0 Å². The van der Waals surface area contributed by atoms with Crippen LogP contribution >= 0.6 is 0 Å². The number of sulfone groups is 1. The monoisotopic (exact) mass is 380 g/mol. The Balaban J connectivity index is 2.23. The Morgan fingerprint density at radius 3 is 2.52 bits per heavy atom. The summed E-state index contributed by atoms with van der Waals surface area (Å²) in [7, 11) is -3.47. The van der Waals surface area contributed by atoms with E-state index in [1.165, 1.54) is 18.2 Å². The van der Waals surface area contributed by atoms with E-state index in [9.17, 15) is 27.0 Å². The summed E-state index contributed by atoms with van der Waals surface area (Å²) < 4.78 is 63.1. The van der Waals surface area contributed by atoms with Gasteiger partial charge in [-0.1, -0.05) is 0 Å². The number of fused-ring (bicyclic) bond motifs is 1. The van der Waals surface area contributed by atoms with Gasteiger partial charge in [0.05, 0.1) is 15.8 Å². The van der Waals surface area contributed by atoms with Gasteiger partial charge in [-0.2, -0.15) is 5.26 Å². The van der Waals surface area contributed by atoms with E-state index in [2.05, 4.69) is 4.98 Å². The van der Waals surface area contributed by atoms with Crippen molar-refractivity contribution in [1.82, 2.24) is 4.98 Å². The van der Waals surface area contributed by atoms with Gasteiger partial charge in [0.1, 0.15) is 11.9 Å². The van der Waals surface area contributed by atoms with Crippen LogP contribution in [-0.4, -0.2) is 24.2 Å². The van der Waals surface area contributed by atoms with Crippen LogP contribution in [0, 0.1) is 23.0 Å². The van der Waals surface area contributed by atoms with Crippen molar-refractivity contribution >= 4 is 31.9 Å². The molecule has 0 saturated carbocycles. The van der Waals surface area contributed by atoms with Gasteiger partial charge < -0.3 is 9.54 Å². The number of halogens is 2. The fourth-order valence-electron chi connectivity index (χ4n) is 2.39. The van der Waals surface area contributed by atoms with E-state index in [4.69, 9.17) is 0 Å². The minimum atomic E-state index is -3.47. The molecule has 3 rings (SSSR count). The highest BCUT2D eigenvalue weighted by molar-refractivity contribution is 7.92. The van der Waals surface area contributed by atoms with Crippen molar-refractivity contribution in [3.63, 3.8) is 0 Å². The van der Waals surface area contributed by atoms with Crippen LogP contribution in [0.25, 0.3) is 10.9 Å². The maximum absolute atomic E-state index is 13.9. The highest BCUT2D eigenvalue weighted by atomic mass is 32.2. The van der Waals surface area contributed by atoms with Gasteiger partial charge in [-0.25, -0.2) is 17.2 Å². The molecule has 25 heavy (non-hydrogen) atoms. The molecule has 1 unspecified atom stereocenters. The van der Waals surface area contributed by atoms with Gasteiger partial charge >= 0.3 is 0 Å². The summed E-state index contributed by atoms with van der Waals surface area (Å²) in [5.74, 6) is -1.81. The van der Waals surface area contributed by atoms with E-state index in [0.29, 0.717) is 11.5 Å². The second-order valence-corrected chi connectivity index (χ2v) is 8.67. The first-order valence-electron chi connectivity index (χ1n) is 6.85. The highest BCUT2D eigenvalue weighted by Crippen LogP contribution is 2.33. The molecule has 2 aromatic carbocycles. The van der Waals surface area contributed by atoms with Crippen molar-refractivity contribution in [2.75, 3.05) is 6.26 Å². The molecule has 5 nitrogen and oxygen atoms in total. The minimum Gasteiger partial charge on any atom is -0.606 e.